The average Bonchev–Trinajstić information content (AvgIpc) is 3.31. The van der Waals surface area contributed by atoms with Crippen LogP contribution in [0.1, 0.15) is 80.6 Å². The van der Waals surface area contributed by atoms with Gasteiger partial charge in [0.25, 0.3) is 0 Å². The van der Waals surface area contributed by atoms with Crippen molar-refractivity contribution in [2.45, 2.75) is 110 Å². The molecule has 2 fully saturated rings. The van der Waals surface area contributed by atoms with Crippen LogP contribution < -0.4 is 15.5 Å². The molecule has 1 N–H and O–H groups in total. The van der Waals surface area contributed by atoms with Crippen LogP contribution in [-0.4, -0.2) is 54.7 Å². The van der Waals surface area contributed by atoms with Gasteiger partial charge in [-0.1, -0.05) is 12.1 Å². The standard InChI is InChI=1S/C26H40BNO7/c1-24(2,3)33-23(30)28-21(22(29)32-20-10-8-9-11-20)16-17-31-19-14-12-18(13-15-19)27-34-25(4,5)26(6,7)35-27/h12-15,20-21H,8-11,16-17H2,1-7H3,(H,28,30)/t21-/m0/s1. The zero-order chi connectivity index (χ0) is 25.9. The van der Waals surface area contributed by atoms with Gasteiger partial charge in [0, 0.05) is 6.42 Å². The van der Waals surface area contributed by atoms with Crippen molar-refractivity contribution < 1.29 is 33.1 Å². The molecule has 1 aromatic carbocycles. The fraction of sp³-hybridized carbons (Fsp3) is 0.692. The fourth-order valence-electron chi connectivity index (χ4n) is 3.95. The molecule has 1 aromatic rings. The van der Waals surface area contributed by atoms with Gasteiger partial charge in [-0.3, -0.25) is 0 Å². The maximum Gasteiger partial charge on any atom is 0.494 e. The second kappa shape index (κ2) is 10.8. The van der Waals surface area contributed by atoms with E-state index in [1.165, 1.54) is 0 Å². The maximum absolute atomic E-state index is 12.8. The molecule has 0 radical (unpaired) electrons. The van der Waals surface area contributed by atoms with Crippen molar-refractivity contribution in [3.8, 4) is 5.75 Å². The van der Waals surface area contributed by atoms with Gasteiger partial charge in [-0.05, 0) is 91.7 Å². The van der Waals surface area contributed by atoms with Gasteiger partial charge >= 0.3 is 19.2 Å². The van der Waals surface area contributed by atoms with Crippen LogP contribution in [-0.2, 0) is 23.6 Å². The van der Waals surface area contributed by atoms with E-state index in [0.717, 1.165) is 31.1 Å². The predicted octanol–water partition coefficient (Wildman–Crippen LogP) is 4.13. The summed E-state index contributed by atoms with van der Waals surface area (Å²) in [7, 11) is -0.443. The molecule has 1 atom stereocenters. The second-order valence-electron chi connectivity index (χ2n) is 11.3. The van der Waals surface area contributed by atoms with E-state index in [0.29, 0.717) is 5.75 Å². The third-order valence-electron chi connectivity index (χ3n) is 6.64. The van der Waals surface area contributed by atoms with Crippen molar-refractivity contribution in [3.63, 3.8) is 0 Å². The molecule has 0 spiro atoms. The number of alkyl carbamates (subject to hydrolysis) is 1. The Kier molecular flexibility index (Phi) is 8.42. The number of benzene rings is 1. The van der Waals surface area contributed by atoms with Gasteiger partial charge in [-0.15, -0.1) is 0 Å². The molecule has 1 amide bonds. The zero-order valence-electron chi connectivity index (χ0n) is 22.1. The quantitative estimate of drug-likeness (QED) is 0.434. The fourth-order valence-corrected chi connectivity index (χ4v) is 3.95. The van der Waals surface area contributed by atoms with Gasteiger partial charge in [-0.25, -0.2) is 9.59 Å². The van der Waals surface area contributed by atoms with E-state index >= 15 is 0 Å². The summed E-state index contributed by atoms with van der Waals surface area (Å²) in [5.74, 6) is 0.188. The molecule has 1 saturated carbocycles. The molecule has 2 aliphatic rings. The minimum atomic E-state index is -0.852. The summed E-state index contributed by atoms with van der Waals surface area (Å²) in [4.78, 5) is 25.1. The first-order chi connectivity index (χ1) is 16.3. The molecular weight excluding hydrogens is 449 g/mol. The Morgan fingerprint density at radius 3 is 2.17 bits per heavy atom. The minimum Gasteiger partial charge on any atom is -0.494 e. The third kappa shape index (κ3) is 7.61. The molecule has 0 bridgehead atoms. The number of esters is 1. The van der Waals surface area contributed by atoms with E-state index in [1.54, 1.807) is 20.8 Å². The lowest BCUT2D eigenvalue weighted by Crippen LogP contribution is -2.45. The van der Waals surface area contributed by atoms with Gasteiger partial charge < -0.3 is 28.8 Å². The van der Waals surface area contributed by atoms with Crippen molar-refractivity contribution in [3.05, 3.63) is 24.3 Å². The molecule has 1 aliphatic heterocycles. The summed E-state index contributed by atoms with van der Waals surface area (Å²) in [6.07, 6.45) is 3.32. The molecule has 1 saturated heterocycles. The number of ether oxygens (including phenoxy) is 3. The summed E-state index contributed by atoms with van der Waals surface area (Å²) < 4.78 is 29.0. The maximum atomic E-state index is 12.8. The van der Waals surface area contributed by atoms with Crippen LogP contribution in [0.5, 0.6) is 5.75 Å². The number of amides is 1. The first kappa shape index (κ1) is 27.3. The average molecular weight is 489 g/mol. The Morgan fingerprint density at radius 1 is 1.06 bits per heavy atom. The van der Waals surface area contributed by atoms with Crippen LogP contribution in [0.25, 0.3) is 0 Å². The smallest absolute Gasteiger partial charge is 0.494 e. The molecule has 9 heteroatoms. The Hall–Kier alpha value is -2.26. The number of hydrogen-bond acceptors (Lipinski definition) is 7. The van der Waals surface area contributed by atoms with Gasteiger partial charge in [0.2, 0.25) is 0 Å². The van der Waals surface area contributed by atoms with Crippen molar-refractivity contribution in [2.75, 3.05) is 6.61 Å². The summed E-state index contributed by atoms with van der Waals surface area (Å²) in [5.41, 5.74) is -0.577. The van der Waals surface area contributed by atoms with Crippen molar-refractivity contribution in [1.29, 1.82) is 0 Å². The SMILES string of the molecule is CC(C)(C)OC(=O)N[C@@H](CCOc1ccc(B2OC(C)(C)C(C)(C)O2)cc1)C(=O)OC1CCCC1. The largest absolute Gasteiger partial charge is 0.494 e. The predicted molar refractivity (Wildman–Crippen MR) is 134 cm³/mol. The highest BCUT2D eigenvalue weighted by Crippen LogP contribution is 2.36. The van der Waals surface area contributed by atoms with E-state index in [4.69, 9.17) is 23.5 Å². The van der Waals surface area contributed by atoms with Crippen LogP contribution in [0.3, 0.4) is 0 Å². The van der Waals surface area contributed by atoms with Crippen molar-refractivity contribution in [1.82, 2.24) is 5.32 Å². The zero-order valence-corrected chi connectivity index (χ0v) is 22.1. The summed E-state index contributed by atoms with van der Waals surface area (Å²) in [5, 5.41) is 2.65. The van der Waals surface area contributed by atoms with Crippen molar-refractivity contribution in [2.24, 2.45) is 0 Å². The van der Waals surface area contributed by atoms with Gasteiger partial charge in [-0.2, -0.15) is 0 Å². The van der Waals surface area contributed by atoms with E-state index in [2.05, 4.69) is 5.32 Å². The highest BCUT2D eigenvalue weighted by Gasteiger charge is 2.51. The van der Waals surface area contributed by atoms with Gasteiger partial charge in [0.1, 0.15) is 23.5 Å². The van der Waals surface area contributed by atoms with Crippen LogP contribution in [0.4, 0.5) is 4.79 Å². The van der Waals surface area contributed by atoms with Crippen molar-refractivity contribution >= 4 is 24.6 Å². The van der Waals surface area contributed by atoms with E-state index in [9.17, 15) is 9.59 Å². The number of rotatable bonds is 8. The highest BCUT2D eigenvalue weighted by molar-refractivity contribution is 6.62. The van der Waals surface area contributed by atoms with E-state index in [-0.39, 0.29) is 19.1 Å². The summed E-state index contributed by atoms with van der Waals surface area (Å²) in [6, 6.07) is 6.64. The van der Waals surface area contributed by atoms with E-state index in [1.807, 2.05) is 52.0 Å². The van der Waals surface area contributed by atoms with Crippen LogP contribution >= 0.6 is 0 Å². The Morgan fingerprint density at radius 2 is 1.63 bits per heavy atom. The number of hydrogen-bond donors (Lipinski definition) is 1. The number of carbonyl (C=O) groups is 2. The Labute approximate surface area is 209 Å². The van der Waals surface area contributed by atoms with Gasteiger partial charge in [0.15, 0.2) is 0 Å². The molecule has 1 aliphatic carbocycles. The molecule has 0 unspecified atom stereocenters. The lowest BCUT2D eigenvalue weighted by molar-refractivity contribution is -0.151. The molecule has 1 heterocycles. The molecule has 3 rings (SSSR count). The highest BCUT2D eigenvalue weighted by atomic mass is 16.7. The van der Waals surface area contributed by atoms with Crippen LogP contribution in [0.2, 0.25) is 0 Å². The second-order valence-corrected chi connectivity index (χ2v) is 11.3. The normalized spacial score (nSPS) is 20.4. The summed E-state index contributed by atoms with van der Waals surface area (Å²) >= 11 is 0. The molecular formula is C26H40BNO7. The Balaban J connectivity index is 1.55. The topological polar surface area (TPSA) is 92.3 Å². The number of nitrogens with one attached hydrogen (secondary N) is 1. The monoisotopic (exact) mass is 489 g/mol. The minimum absolute atomic E-state index is 0.0890. The summed E-state index contributed by atoms with van der Waals surface area (Å²) in [6.45, 7) is 13.6. The van der Waals surface area contributed by atoms with Crippen LogP contribution in [0.15, 0.2) is 24.3 Å². The van der Waals surface area contributed by atoms with E-state index < -0.39 is 42.0 Å². The first-order valence-electron chi connectivity index (χ1n) is 12.5. The Bertz CT molecular complexity index is 857. The number of carbonyl (C=O) groups excluding carboxylic acids is 2. The first-order valence-corrected chi connectivity index (χ1v) is 12.5. The van der Waals surface area contributed by atoms with Crippen LogP contribution in [0, 0.1) is 0 Å². The van der Waals surface area contributed by atoms with Gasteiger partial charge in [0.05, 0.1) is 17.8 Å². The third-order valence-corrected chi connectivity index (χ3v) is 6.64. The lowest BCUT2D eigenvalue weighted by Gasteiger charge is -2.32. The lowest BCUT2D eigenvalue weighted by atomic mass is 9.79. The molecule has 8 nitrogen and oxygen atoms in total. The molecule has 35 heavy (non-hydrogen) atoms. The molecule has 0 aromatic heterocycles. The molecule has 194 valence electrons.